The lowest BCUT2D eigenvalue weighted by Gasteiger charge is -2.33. The molecular formula is C19H32N4. The molecule has 4 nitrogen and oxygen atoms in total. The summed E-state index contributed by atoms with van der Waals surface area (Å²) in [6, 6.07) is 8.72. The van der Waals surface area contributed by atoms with Gasteiger partial charge >= 0.3 is 0 Å². The fourth-order valence-corrected chi connectivity index (χ4v) is 3.27. The van der Waals surface area contributed by atoms with Gasteiger partial charge in [0.15, 0.2) is 5.96 Å². The molecule has 0 aliphatic carbocycles. The molecule has 1 N–H and O–H groups in total. The minimum Gasteiger partial charge on any atom is -0.356 e. The van der Waals surface area contributed by atoms with E-state index in [0.717, 1.165) is 25.0 Å². The predicted octanol–water partition coefficient (Wildman–Crippen LogP) is 2.73. The van der Waals surface area contributed by atoms with Crippen LogP contribution in [0.2, 0.25) is 0 Å². The summed E-state index contributed by atoms with van der Waals surface area (Å²) in [6.45, 7) is 9.91. The van der Waals surface area contributed by atoms with Crippen LogP contribution in [0.1, 0.15) is 30.9 Å². The Morgan fingerprint density at radius 1 is 1.35 bits per heavy atom. The van der Waals surface area contributed by atoms with Crippen LogP contribution in [-0.2, 0) is 6.54 Å². The first kappa shape index (κ1) is 17.8. The zero-order valence-corrected chi connectivity index (χ0v) is 15.2. The number of guanidine groups is 1. The number of aliphatic imine (C=N–C) groups is 1. The highest BCUT2D eigenvalue weighted by Crippen LogP contribution is 2.15. The largest absolute Gasteiger partial charge is 0.356 e. The third kappa shape index (κ3) is 5.54. The van der Waals surface area contributed by atoms with Gasteiger partial charge in [-0.05, 0) is 44.3 Å². The molecule has 0 spiro atoms. The van der Waals surface area contributed by atoms with Crippen LogP contribution in [0.3, 0.4) is 0 Å². The van der Waals surface area contributed by atoms with Crippen molar-refractivity contribution >= 4 is 5.96 Å². The van der Waals surface area contributed by atoms with Gasteiger partial charge in [-0.25, -0.2) is 0 Å². The predicted molar refractivity (Wildman–Crippen MR) is 98.8 cm³/mol. The molecule has 0 aromatic heterocycles. The molecular weight excluding hydrogens is 284 g/mol. The van der Waals surface area contributed by atoms with Gasteiger partial charge < -0.3 is 15.1 Å². The molecule has 1 aliphatic rings. The molecule has 0 bridgehead atoms. The summed E-state index contributed by atoms with van der Waals surface area (Å²) in [4.78, 5) is 9.19. The molecule has 0 saturated carbocycles. The average molecular weight is 316 g/mol. The molecule has 2 rings (SSSR count). The first-order chi connectivity index (χ1) is 11.1. The highest BCUT2D eigenvalue weighted by atomic mass is 15.3. The van der Waals surface area contributed by atoms with Gasteiger partial charge in [-0.2, -0.15) is 0 Å². The Kier molecular flexibility index (Phi) is 6.90. The van der Waals surface area contributed by atoms with E-state index in [1.165, 1.54) is 43.6 Å². The van der Waals surface area contributed by atoms with Crippen molar-refractivity contribution in [1.29, 1.82) is 0 Å². The van der Waals surface area contributed by atoms with Crippen LogP contribution in [0.4, 0.5) is 0 Å². The second kappa shape index (κ2) is 8.92. The molecule has 128 valence electrons. The van der Waals surface area contributed by atoms with Crippen LogP contribution in [0.25, 0.3) is 0 Å². The number of nitrogens with zero attached hydrogens (tertiary/aromatic N) is 3. The fourth-order valence-electron chi connectivity index (χ4n) is 3.27. The van der Waals surface area contributed by atoms with Crippen LogP contribution in [0, 0.1) is 12.8 Å². The number of nitrogens with one attached hydrogen (secondary N) is 1. The summed E-state index contributed by atoms with van der Waals surface area (Å²) in [6.07, 6.45) is 2.64. The summed E-state index contributed by atoms with van der Waals surface area (Å²) in [7, 11) is 3.97. The van der Waals surface area contributed by atoms with E-state index in [4.69, 9.17) is 0 Å². The van der Waals surface area contributed by atoms with E-state index >= 15 is 0 Å². The number of hydrogen-bond acceptors (Lipinski definition) is 2. The monoisotopic (exact) mass is 316 g/mol. The lowest BCUT2D eigenvalue weighted by molar-refractivity contribution is 0.183. The van der Waals surface area contributed by atoms with Gasteiger partial charge in [0.2, 0.25) is 0 Å². The molecule has 1 saturated heterocycles. The second-order valence-corrected chi connectivity index (χ2v) is 6.67. The van der Waals surface area contributed by atoms with Crippen LogP contribution in [0.5, 0.6) is 0 Å². The quantitative estimate of drug-likeness (QED) is 0.669. The zero-order valence-electron chi connectivity index (χ0n) is 15.2. The van der Waals surface area contributed by atoms with Gasteiger partial charge in [0.05, 0.1) is 0 Å². The van der Waals surface area contributed by atoms with Crippen LogP contribution < -0.4 is 5.32 Å². The molecule has 0 amide bonds. The van der Waals surface area contributed by atoms with Crippen LogP contribution in [0.15, 0.2) is 29.3 Å². The summed E-state index contributed by atoms with van der Waals surface area (Å²) >= 11 is 0. The Balaban J connectivity index is 1.83. The minimum absolute atomic E-state index is 0.730. The molecule has 1 aliphatic heterocycles. The minimum atomic E-state index is 0.730. The van der Waals surface area contributed by atoms with E-state index in [1.807, 2.05) is 7.05 Å². The topological polar surface area (TPSA) is 30.9 Å². The molecule has 1 heterocycles. The lowest BCUT2D eigenvalue weighted by atomic mass is 9.98. The highest BCUT2D eigenvalue weighted by Gasteiger charge is 2.19. The van der Waals surface area contributed by atoms with E-state index in [1.54, 1.807) is 0 Å². The van der Waals surface area contributed by atoms with Crippen molar-refractivity contribution in [2.24, 2.45) is 10.9 Å². The van der Waals surface area contributed by atoms with E-state index in [9.17, 15) is 0 Å². The number of piperidine rings is 1. The molecule has 1 fully saturated rings. The van der Waals surface area contributed by atoms with E-state index in [2.05, 4.69) is 65.3 Å². The summed E-state index contributed by atoms with van der Waals surface area (Å²) in [5.41, 5.74) is 2.62. The van der Waals surface area contributed by atoms with E-state index in [0.29, 0.717) is 0 Å². The Morgan fingerprint density at radius 2 is 2.09 bits per heavy atom. The van der Waals surface area contributed by atoms with Crippen molar-refractivity contribution in [3.63, 3.8) is 0 Å². The summed E-state index contributed by atoms with van der Waals surface area (Å²) in [5.74, 6) is 1.72. The van der Waals surface area contributed by atoms with Crippen molar-refractivity contribution in [2.75, 3.05) is 40.3 Å². The van der Waals surface area contributed by atoms with Gasteiger partial charge in [-0.15, -0.1) is 0 Å². The SMILES string of the molecule is CCN1CCCC(CNC(=NC)N(C)Cc2ccc(C)cc2)C1. The second-order valence-electron chi connectivity index (χ2n) is 6.67. The van der Waals surface area contributed by atoms with Gasteiger partial charge in [-0.1, -0.05) is 36.8 Å². The van der Waals surface area contributed by atoms with Gasteiger partial charge in [0.25, 0.3) is 0 Å². The third-order valence-electron chi connectivity index (χ3n) is 4.71. The Labute approximate surface area is 141 Å². The number of benzene rings is 1. The standard InChI is InChI=1S/C19H32N4/c1-5-23-12-6-7-18(15-23)13-21-19(20-3)22(4)14-17-10-8-16(2)9-11-17/h8-11,18H,5-7,12-15H2,1-4H3,(H,20,21). The number of hydrogen-bond donors (Lipinski definition) is 1. The van der Waals surface area contributed by atoms with Gasteiger partial charge in [-0.3, -0.25) is 4.99 Å². The maximum atomic E-state index is 4.44. The van der Waals surface area contributed by atoms with Crippen molar-refractivity contribution in [2.45, 2.75) is 33.2 Å². The van der Waals surface area contributed by atoms with Crippen molar-refractivity contribution < 1.29 is 0 Å². The van der Waals surface area contributed by atoms with Gasteiger partial charge in [0.1, 0.15) is 0 Å². The fraction of sp³-hybridized carbons (Fsp3) is 0.632. The van der Waals surface area contributed by atoms with E-state index in [-0.39, 0.29) is 0 Å². The number of rotatable bonds is 5. The van der Waals surface area contributed by atoms with Crippen LogP contribution in [-0.4, -0.2) is 56.0 Å². The Bertz CT molecular complexity index is 495. The van der Waals surface area contributed by atoms with Crippen molar-refractivity contribution in [3.8, 4) is 0 Å². The molecule has 1 aromatic rings. The zero-order chi connectivity index (χ0) is 16.7. The third-order valence-corrected chi connectivity index (χ3v) is 4.71. The number of aryl methyl sites for hydroxylation is 1. The normalized spacial score (nSPS) is 19.7. The van der Waals surface area contributed by atoms with Crippen LogP contribution >= 0.6 is 0 Å². The molecule has 1 atom stereocenters. The lowest BCUT2D eigenvalue weighted by Crippen LogP contribution is -2.44. The molecule has 1 unspecified atom stereocenters. The highest BCUT2D eigenvalue weighted by molar-refractivity contribution is 5.79. The number of likely N-dealkylation sites (tertiary alicyclic amines) is 1. The molecule has 4 heteroatoms. The Hall–Kier alpha value is -1.55. The first-order valence-electron chi connectivity index (χ1n) is 8.82. The molecule has 0 radical (unpaired) electrons. The Morgan fingerprint density at radius 3 is 2.74 bits per heavy atom. The van der Waals surface area contributed by atoms with Gasteiger partial charge in [0, 0.05) is 33.7 Å². The average Bonchev–Trinajstić information content (AvgIpc) is 2.57. The molecule has 1 aromatic carbocycles. The van der Waals surface area contributed by atoms with Crippen molar-refractivity contribution in [3.05, 3.63) is 35.4 Å². The summed E-state index contributed by atoms with van der Waals surface area (Å²) in [5, 5.41) is 3.56. The smallest absolute Gasteiger partial charge is 0.193 e. The maximum Gasteiger partial charge on any atom is 0.193 e. The first-order valence-corrected chi connectivity index (χ1v) is 8.82. The maximum absolute atomic E-state index is 4.44. The molecule has 23 heavy (non-hydrogen) atoms. The summed E-state index contributed by atoms with van der Waals surface area (Å²) < 4.78 is 0. The van der Waals surface area contributed by atoms with E-state index < -0.39 is 0 Å². The van der Waals surface area contributed by atoms with Crippen molar-refractivity contribution in [1.82, 2.24) is 15.1 Å².